The number of nitrogens with two attached hydrogens (primary N) is 2. The van der Waals surface area contributed by atoms with Gasteiger partial charge in [0.05, 0.1) is 18.0 Å². The van der Waals surface area contributed by atoms with Crippen LogP contribution in [0.3, 0.4) is 0 Å². The van der Waals surface area contributed by atoms with E-state index in [1.54, 1.807) is 12.1 Å². The van der Waals surface area contributed by atoms with Crippen molar-refractivity contribution >= 4 is 11.4 Å². The largest absolute Gasteiger partial charge is 0.477 e. The third kappa shape index (κ3) is 2.43. The SMILES string of the molecule is CCOc1nc(-c2ccccc2N)cc(N)c1C#N. The molecule has 1 heterocycles. The van der Waals surface area contributed by atoms with Crippen LogP contribution in [0, 0.1) is 11.3 Å². The van der Waals surface area contributed by atoms with E-state index in [1.807, 2.05) is 31.2 Å². The lowest BCUT2D eigenvalue weighted by atomic mass is 10.1. The van der Waals surface area contributed by atoms with Crippen molar-refractivity contribution in [3.8, 4) is 23.2 Å². The molecule has 19 heavy (non-hydrogen) atoms. The number of hydrogen-bond acceptors (Lipinski definition) is 5. The van der Waals surface area contributed by atoms with Crippen molar-refractivity contribution in [2.45, 2.75) is 6.92 Å². The number of nitrogen functional groups attached to an aromatic ring is 2. The van der Waals surface area contributed by atoms with E-state index in [0.717, 1.165) is 5.56 Å². The average Bonchev–Trinajstić information content (AvgIpc) is 2.39. The molecule has 0 saturated heterocycles. The van der Waals surface area contributed by atoms with Gasteiger partial charge in [-0.3, -0.25) is 0 Å². The average molecular weight is 254 g/mol. The molecule has 0 saturated carbocycles. The van der Waals surface area contributed by atoms with E-state index in [0.29, 0.717) is 23.7 Å². The second kappa shape index (κ2) is 5.27. The van der Waals surface area contributed by atoms with E-state index in [-0.39, 0.29) is 11.4 Å². The van der Waals surface area contributed by atoms with Gasteiger partial charge in [-0.2, -0.15) is 5.26 Å². The predicted octanol–water partition coefficient (Wildman–Crippen LogP) is 2.18. The van der Waals surface area contributed by atoms with Gasteiger partial charge in [0.2, 0.25) is 5.88 Å². The third-order valence-electron chi connectivity index (χ3n) is 2.65. The Labute approximate surface area is 111 Å². The van der Waals surface area contributed by atoms with Gasteiger partial charge in [0.1, 0.15) is 11.6 Å². The Morgan fingerprint density at radius 3 is 2.63 bits per heavy atom. The summed E-state index contributed by atoms with van der Waals surface area (Å²) in [5.74, 6) is 0.239. The summed E-state index contributed by atoms with van der Waals surface area (Å²) in [5.41, 5.74) is 14.3. The first-order valence-electron chi connectivity index (χ1n) is 5.85. The molecule has 0 aliphatic rings. The summed E-state index contributed by atoms with van der Waals surface area (Å²) >= 11 is 0. The Balaban J connectivity index is 2.61. The van der Waals surface area contributed by atoms with Crippen molar-refractivity contribution in [1.82, 2.24) is 4.98 Å². The number of aromatic nitrogens is 1. The fourth-order valence-corrected chi connectivity index (χ4v) is 1.76. The Kier molecular flexibility index (Phi) is 3.53. The van der Waals surface area contributed by atoms with Gasteiger partial charge in [0.15, 0.2) is 0 Å². The first kappa shape index (κ1) is 12.7. The Hall–Kier alpha value is -2.74. The maximum atomic E-state index is 9.07. The summed E-state index contributed by atoms with van der Waals surface area (Å²) in [6.07, 6.45) is 0. The quantitative estimate of drug-likeness (QED) is 0.818. The number of rotatable bonds is 3. The highest BCUT2D eigenvalue weighted by molar-refractivity contribution is 5.77. The standard InChI is InChI=1S/C14H14N4O/c1-2-19-14-10(8-15)12(17)7-13(18-14)9-5-3-4-6-11(9)16/h3-7H,2,16H2,1H3,(H2,17,18). The minimum absolute atomic E-state index is 0.239. The maximum Gasteiger partial charge on any atom is 0.234 e. The number of hydrogen-bond donors (Lipinski definition) is 2. The van der Waals surface area contributed by atoms with Crippen LogP contribution in [-0.4, -0.2) is 11.6 Å². The van der Waals surface area contributed by atoms with Crippen LogP contribution in [0.5, 0.6) is 5.88 Å². The number of anilines is 2. The van der Waals surface area contributed by atoms with Gasteiger partial charge in [0.25, 0.3) is 0 Å². The number of nitriles is 1. The third-order valence-corrected chi connectivity index (χ3v) is 2.65. The first-order valence-corrected chi connectivity index (χ1v) is 5.85. The molecular weight excluding hydrogens is 240 g/mol. The molecule has 0 fully saturated rings. The Bertz CT molecular complexity index is 646. The van der Waals surface area contributed by atoms with Crippen molar-refractivity contribution in [2.75, 3.05) is 18.1 Å². The second-order valence-electron chi connectivity index (χ2n) is 3.91. The lowest BCUT2D eigenvalue weighted by molar-refractivity contribution is 0.326. The molecule has 0 atom stereocenters. The molecule has 1 aromatic carbocycles. The van der Waals surface area contributed by atoms with Crippen molar-refractivity contribution in [1.29, 1.82) is 5.26 Å². The van der Waals surface area contributed by atoms with Crippen LogP contribution in [0.15, 0.2) is 30.3 Å². The molecule has 0 spiro atoms. The van der Waals surface area contributed by atoms with Gasteiger partial charge in [-0.25, -0.2) is 4.98 Å². The van der Waals surface area contributed by atoms with Crippen molar-refractivity contribution in [3.05, 3.63) is 35.9 Å². The lowest BCUT2D eigenvalue weighted by Gasteiger charge is -2.11. The monoisotopic (exact) mass is 254 g/mol. The maximum absolute atomic E-state index is 9.07. The minimum Gasteiger partial charge on any atom is -0.477 e. The van der Waals surface area contributed by atoms with E-state index in [1.165, 1.54) is 0 Å². The molecule has 0 amide bonds. The van der Waals surface area contributed by atoms with Gasteiger partial charge in [-0.05, 0) is 19.1 Å². The van der Waals surface area contributed by atoms with E-state index < -0.39 is 0 Å². The van der Waals surface area contributed by atoms with Crippen LogP contribution in [0.2, 0.25) is 0 Å². The molecule has 0 unspecified atom stereocenters. The summed E-state index contributed by atoms with van der Waals surface area (Å²) in [7, 11) is 0. The zero-order chi connectivity index (χ0) is 13.8. The molecule has 96 valence electrons. The number of nitrogens with zero attached hydrogens (tertiary/aromatic N) is 2. The van der Waals surface area contributed by atoms with Gasteiger partial charge in [-0.15, -0.1) is 0 Å². The number of pyridine rings is 1. The van der Waals surface area contributed by atoms with Crippen molar-refractivity contribution < 1.29 is 4.74 Å². The van der Waals surface area contributed by atoms with E-state index in [4.69, 9.17) is 21.5 Å². The van der Waals surface area contributed by atoms with Crippen LogP contribution in [0.1, 0.15) is 12.5 Å². The zero-order valence-electron chi connectivity index (χ0n) is 10.6. The molecule has 2 rings (SSSR count). The van der Waals surface area contributed by atoms with Crippen LogP contribution in [-0.2, 0) is 0 Å². The highest BCUT2D eigenvalue weighted by Gasteiger charge is 2.13. The molecular formula is C14H14N4O. The van der Waals surface area contributed by atoms with Crippen LogP contribution < -0.4 is 16.2 Å². The smallest absolute Gasteiger partial charge is 0.234 e. The Morgan fingerprint density at radius 2 is 2.00 bits per heavy atom. The fraction of sp³-hybridized carbons (Fsp3) is 0.143. The topological polar surface area (TPSA) is 97.9 Å². The minimum atomic E-state index is 0.239. The molecule has 0 bridgehead atoms. The summed E-state index contributed by atoms with van der Waals surface area (Å²) in [5, 5.41) is 9.07. The predicted molar refractivity (Wildman–Crippen MR) is 74.4 cm³/mol. The molecule has 2 aromatic rings. The number of benzene rings is 1. The van der Waals surface area contributed by atoms with Gasteiger partial charge < -0.3 is 16.2 Å². The molecule has 0 radical (unpaired) electrons. The molecule has 0 aliphatic carbocycles. The summed E-state index contributed by atoms with van der Waals surface area (Å²) < 4.78 is 5.36. The van der Waals surface area contributed by atoms with E-state index in [9.17, 15) is 0 Å². The molecule has 1 aromatic heterocycles. The normalized spacial score (nSPS) is 9.89. The number of ether oxygens (including phenoxy) is 1. The van der Waals surface area contributed by atoms with Crippen LogP contribution >= 0.6 is 0 Å². The van der Waals surface area contributed by atoms with E-state index >= 15 is 0 Å². The molecule has 5 heteroatoms. The van der Waals surface area contributed by atoms with Crippen LogP contribution in [0.4, 0.5) is 11.4 Å². The van der Waals surface area contributed by atoms with Gasteiger partial charge in [-0.1, -0.05) is 18.2 Å². The highest BCUT2D eigenvalue weighted by atomic mass is 16.5. The fourth-order valence-electron chi connectivity index (χ4n) is 1.76. The molecule has 5 nitrogen and oxygen atoms in total. The summed E-state index contributed by atoms with van der Waals surface area (Å²) in [6, 6.07) is 11.0. The second-order valence-corrected chi connectivity index (χ2v) is 3.91. The molecule has 0 aliphatic heterocycles. The van der Waals surface area contributed by atoms with Crippen LogP contribution in [0.25, 0.3) is 11.3 Å². The summed E-state index contributed by atoms with van der Waals surface area (Å²) in [4.78, 5) is 4.32. The number of para-hydroxylation sites is 1. The lowest BCUT2D eigenvalue weighted by Crippen LogP contribution is -2.03. The van der Waals surface area contributed by atoms with Crippen molar-refractivity contribution in [2.24, 2.45) is 0 Å². The molecule has 4 N–H and O–H groups in total. The highest BCUT2D eigenvalue weighted by Crippen LogP contribution is 2.30. The Morgan fingerprint density at radius 1 is 1.26 bits per heavy atom. The van der Waals surface area contributed by atoms with Gasteiger partial charge in [0, 0.05) is 11.3 Å². The first-order chi connectivity index (χ1) is 9.17. The van der Waals surface area contributed by atoms with E-state index in [2.05, 4.69) is 4.98 Å². The van der Waals surface area contributed by atoms with Crippen molar-refractivity contribution in [3.63, 3.8) is 0 Å². The summed E-state index contributed by atoms with van der Waals surface area (Å²) in [6.45, 7) is 2.23. The van der Waals surface area contributed by atoms with Gasteiger partial charge >= 0.3 is 0 Å². The zero-order valence-corrected chi connectivity index (χ0v) is 10.6.